The van der Waals surface area contributed by atoms with Gasteiger partial charge < -0.3 is 23.7 Å². The predicted octanol–water partition coefficient (Wildman–Crippen LogP) is 5.75. The van der Waals surface area contributed by atoms with Gasteiger partial charge in [-0.1, -0.05) is 23.8 Å². The summed E-state index contributed by atoms with van der Waals surface area (Å²) in [6, 6.07) is 17.4. The first kappa shape index (κ1) is 26.5. The molecule has 0 amide bonds. The average molecular weight is 516 g/mol. The molecule has 0 radical (unpaired) electrons. The Hall–Kier alpha value is -4.59. The number of benzene rings is 3. The highest BCUT2D eigenvalue weighted by Crippen LogP contribution is 2.32. The number of cyclic esters (lactones) is 1. The van der Waals surface area contributed by atoms with Crippen LogP contribution < -0.4 is 18.9 Å². The normalized spacial score (nSPS) is 13.6. The summed E-state index contributed by atoms with van der Waals surface area (Å²) >= 11 is 0. The van der Waals surface area contributed by atoms with Gasteiger partial charge in [0.25, 0.3) is 0 Å². The molecule has 0 bridgehead atoms. The summed E-state index contributed by atoms with van der Waals surface area (Å²) in [5.41, 5.74) is 2.73. The molecule has 1 aliphatic rings. The van der Waals surface area contributed by atoms with Gasteiger partial charge >= 0.3 is 11.9 Å². The van der Waals surface area contributed by atoms with Crippen LogP contribution in [0.5, 0.6) is 23.0 Å². The molecular formula is C30H29NO7. The smallest absolute Gasteiger partial charge is 0.363 e. The highest BCUT2D eigenvalue weighted by Gasteiger charge is 2.25. The lowest BCUT2D eigenvalue weighted by atomic mass is 10.1. The number of carbonyl (C=O) groups excluding carboxylic acids is 2. The van der Waals surface area contributed by atoms with Gasteiger partial charge in [-0.25, -0.2) is 14.6 Å². The van der Waals surface area contributed by atoms with Gasteiger partial charge in [0, 0.05) is 5.56 Å². The predicted molar refractivity (Wildman–Crippen MR) is 143 cm³/mol. The minimum atomic E-state index is -0.584. The maximum atomic E-state index is 12.6. The second kappa shape index (κ2) is 12.1. The zero-order valence-corrected chi connectivity index (χ0v) is 21.8. The minimum Gasteiger partial charge on any atom is -0.490 e. The highest BCUT2D eigenvalue weighted by molar-refractivity contribution is 6.13. The van der Waals surface area contributed by atoms with E-state index in [2.05, 4.69) is 4.99 Å². The Labute approximate surface area is 221 Å². The molecule has 38 heavy (non-hydrogen) atoms. The Balaban J connectivity index is 1.59. The van der Waals surface area contributed by atoms with Gasteiger partial charge in [0.1, 0.15) is 0 Å². The lowest BCUT2D eigenvalue weighted by Crippen LogP contribution is -2.10. The molecule has 0 aliphatic carbocycles. The molecule has 8 heteroatoms. The van der Waals surface area contributed by atoms with Crippen LogP contribution in [0, 0.1) is 6.92 Å². The zero-order valence-electron chi connectivity index (χ0n) is 21.8. The molecule has 0 N–H and O–H groups in total. The summed E-state index contributed by atoms with van der Waals surface area (Å²) in [5.74, 6) is 0.878. The molecule has 0 saturated heterocycles. The van der Waals surface area contributed by atoms with Crippen molar-refractivity contribution in [2.75, 3.05) is 19.8 Å². The molecule has 0 aromatic heterocycles. The standard InChI is InChI=1S/C30H29NO7/c1-5-34-24-14-12-21(18-27(24)36-7-3)28-31-23(30(33)38-28)16-20-11-13-25(26(17-20)35-6-2)37-29(32)22-10-8-9-19(4)15-22/h8-18H,5-7H2,1-4H3/b23-16-. The maximum absolute atomic E-state index is 12.6. The Bertz CT molecular complexity index is 1410. The lowest BCUT2D eigenvalue weighted by molar-refractivity contribution is -0.129. The third kappa shape index (κ3) is 6.21. The van der Waals surface area contributed by atoms with E-state index in [1.165, 1.54) is 0 Å². The molecule has 0 atom stereocenters. The van der Waals surface area contributed by atoms with Crippen LogP contribution in [0.2, 0.25) is 0 Å². The monoisotopic (exact) mass is 515 g/mol. The van der Waals surface area contributed by atoms with Crippen LogP contribution in [0.25, 0.3) is 6.08 Å². The van der Waals surface area contributed by atoms with Crippen molar-refractivity contribution in [3.05, 3.63) is 88.6 Å². The van der Waals surface area contributed by atoms with Crippen LogP contribution >= 0.6 is 0 Å². The third-order valence-corrected chi connectivity index (χ3v) is 5.44. The van der Waals surface area contributed by atoms with E-state index < -0.39 is 11.9 Å². The van der Waals surface area contributed by atoms with Crippen LogP contribution in [-0.2, 0) is 9.53 Å². The van der Waals surface area contributed by atoms with Gasteiger partial charge in [0.05, 0.1) is 25.4 Å². The van der Waals surface area contributed by atoms with E-state index in [1.54, 1.807) is 60.7 Å². The van der Waals surface area contributed by atoms with E-state index >= 15 is 0 Å². The van der Waals surface area contributed by atoms with Crippen molar-refractivity contribution >= 4 is 23.9 Å². The van der Waals surface area contributed by atoms with Crippen molar-refractivity contribution in [2.24, 2.45) is 4.99 Å². The number of aliphatic imine (C=N–C) groups is 1. The number of nitrogens with zero attached hydrogens (tertiary/aromatic N) is 1. The van der Waals surface area contributed by atoms with Crippen LogP contribution in [-0.4, -0.2) is 37.7 Å². The number of ether oxygens (including phenoxy) is 5. The van der Waals surface area contributed by atoms with E-state index in [0.717, 1.165) is 5.56 Å². The molecule has 0 spiro atoms. The van der Waals surface area contributed by atoms with Gasteiger partial charge in [-0.05, 0) is 81.8 Å². The van der Waals surface area contributed by atoms with Crippen LogP contribution in [0.15, 0.2) is 71.4 Å². The Morgan fingerprint density at radius 1 is 0.842 bits per heavy atom. The van der Waals surface area contributed by atoms with E-state index in [4.69, 9.17) is 23.7 Å². The van der Waals surface area contributed by atoms with Crippen LogP contribution in [0.1, 0.15) is 47.8 Å². The molecule has 0 unspecified atom stereocenters. The quantitative estimate of drug-likeness (QED) is 0.193. The van der Waals surface area contributed by atoms with E-state index in [0.29, 0.717) is 53.8 Å². The van der Waals surface area contributed by atoms with E-state index in [1.807, 2.05) is 33.8 Å². The summed E-state index contributed by atoms with van der Waals surface area (Å²) in [4.78, 5) is 29.6. The van der Waals surface area contributed by atoms with Crippen molar-refractivity contribution in [3.63, 3.8) is 0 Å². The van der Waals surface area contributed by atoms with Crippen LogP contribution in [0.3, 0.4) is 0 Å². The number of rotatable bonds is 10. The molecule has 0 saturated carbocycles. The molecule has 1 heterocycles. The van der Waals surface area contributed by atoms with Crippen LogP contribution in [0.4, 0.5) is 0 Å². The number of esters is 2. The third-order valence-electron chi connectivity index (χ3n) is 5.44. The SMILES string of the molecule is CCOc1ccc(C2=N/C(=C\c3ccc(OC(=O)c4cccc(C)c4)c(OCC)c3)C(=O)O2)cc1OCC. The van der Waals surface area contributed by atoms with Crippen molar-refractivity contribution in [1.82, 2.24) is 0 Å². The number of carbonyl (C=O) groups is 2. The highest BCUT2D eigenvalue weighted by atomic mass is 16.6. The van der Waals surface area contributed by atoms with Gasteiger partial charge in [-0.3, -0.25) is 0 Å². The van der Waals surface area contributed by atoms with Crippen molar-refractivity contribution in [1.29, 1.82) is 0 Å². The summed E-state index contributed by atoms with van der Waals surface area (Å²) in [7, 11) is 0. The second-order valence-electron chi connectivity index (χ2n) is 8.26. The van der Waals surface area contributed by atoms with Gasteiger partial charge in [0.15, 0.2) is 28.7 Å². The lowest BCUT2D eigenvalue weighted by Gasteiger charge is -2.11. The fourth-order valence-electron chi connectivity index (χ4n) is 3.77. The fraction of sp³-hybridized carbons (Fsp3) is 0.233. The number of aryl methyl sites for hydroxylation is 1. The Kier molecular flexibility index (Phi) is 8.43. The summed E-state index contributed by atoms with van der Waals surface area (Å²) in [6.45, 7) is 8.81. The van der Waals surface area contributed by atoms with E-state index in [-0.39, 0.29) is 17.3 Å². The average Bonchev–Trinajstić information content (AvgIpc) is 3.27. The van der Waals surface area contributed by atoms with Gasteiger partial charge in [-0.15, -0.1) is 0 Å². The van der Waals surface area contributed by atoms with Gasteiger partial charge in [-0.2, -0.15) is 0 Å². The summed E-state index contributed by atoms with van der Waals surface area (Å²) in [6.07, 6.45) is 1.59. The largest absolute Gasteiger partial charge is 0.490 e. The number of hydrogen-bond acceptors (Lipinski definition) is 8. The Morgan fingerprint density at radius 3 is 2.24 bits per heavy atom. The maximum Gasteiger partial charge on any atom is 0.363 e. The van der Waals surface area contributed by atoms with Crippen molar-refractivity contribution < 1.29 is 33.3 Å². The molecule has 3 aromatic rings. The molecular weight excluding hydrogens is 486 g/mol. The number of hydrogen-bond donors (Lipinski definition) is 0. The molecule has 3 aromatic carbocycles. The molecule has 0 fully saturated rings. The Morgan fingerprint density at radius 2 is 1.53 bits per heavy atom. The second-order valence-corrected chi connectivity index (χ2v) is 8.26. The molecule has 4 rings (SSSR count). The first-order valence-electron chi connectivity index (χ1n) is 12.4. The minimum absolute atomic E-state index is 0.124. The summed E-state index contributed by atoms with van der Waals surface area (Å²) < 4.78 is 28.0. The van der Waals surface area contributed by atoms with Crippen molar-refractivity contribution in [3.8, 4) is 23.0 Å². The summed E-state index contributed by atoms with van der Waals surface area (Å²) in [5, 5.41) is 0. The van der Waals surface area contributed by atoms with Gasteiger partial charge in [0.2, 0.25) is 5.90 Å². The fourth-order valence-corrected chi connectivity index (χ4v) is 3.77. The molecule has 1 aliphatic heterocycles. The first-order valence-corrected chi connectivity index (χ1v) is 12.4. The topological polar surface area (TPSA) is 92.7 Å². The molecule has 8 nitrogen and oxygen atoms in total. The zero-order chi connectivity index (χ0) is 27.1. The van der Waals surface area contributed by atoms with Crippen molar-refractivity contribution in [2.45, 2.75) is 27.7 Å². The molecule has 196 valence electrons. The van der Waals surface area contributed by atoms with E-state index in [9.17, 15) is 9.59 Å². The first-order chi connectivity index (χ1) is 18.4.